The minimum atomic E-state index is -0.254. The van der Waals surface area contributed by atoms with Crippen LogP contribution in [0.15, 0.2) is 60.8 Å². The van der Waals surface area contributed by atoms with Crippen molar-refractivity contribution in [1.82, 2.24) is 15.1 Å². The number of benzene rings is 2. The van der Waals surface area contributed by atoms with Gasteiger partial charge in [-0.25, -0.2) is 4.39 Å². The van der Waals surface area contributed by atoms with Crippen LogP contribution in [0.4, 0.5) is 10.2 Å². The molecule has 0 unspecified atom stereocenters. The Morgan fingerprint density at radius 2 is 1.72 bits per heavy atom. The molecule has 0 aliphatic heterocycles. The molecular weight excluding hydrogens is 359 g/mol. The zero-order valence-corrected chi connectivity index (χ0v) is 14.8. The van der Waals surface area contributed by atoms with Crippen LogP contribution in [-0.2, 0) is 13.1 Å². The smallest absolute Gasteiger partial charge is 0.172 e. The van der Waals surface area contributed by atoms with Gasteiger partial charge in [-0.1, -0.05) is 35.9 Å². The normalized spacial score (nSPS) is 10.5. The predicted molar refractivity (Wildman–Crippen MR) is 102 cm³/mol. The summed E-state index contributed by atoms with van der Waals surface area (Å²) in [4.78, 5) is 0. The largest absolute Gasteiger partial charge is 0.358 e. The molecule has 2 aromatic carbocycles. The van der Waals surface area contributed by atoms with Crippen LogP contribution in [0.3, 0.4) is 0 Å². The topological polar surface area (TPSA) is 41.9 Å². The highest BCUT2D eigenvalue weighted by Crippen LogP contribution is 2.11. The van der Waals surface area contributed by atoms with Crippen molar-refractivity contribution in [3.05, 3.63) is 82.8 Å². The molecule has 4 nitrogen and oxygen atoms in total. The van der Waals surface area contributed by atoms with Crippen molar-refractivity contribution in [2.75, 3.05) is 5.32 Å². The van der Waals surface area contributed by atoms with E-state index in [2.05, 4.69) is 15.7 Å². The number of aromatic nitrogens is 2. The standard InChI is InChI=1S/C18H16ClFN4S/c19-15-5-1-14(2-6-15)12-24-10-9-17(23-24)22-18(25)21-11-13-3-7-16(20)8-4-13/h1-10H,11-12H2,(H2,21,22,23,25). The summed E-state index contributed by atoms with van der Waals surface area (Å²) >= 11 is 11.1. The molecule has 25 heavy (non-hydrogen) atoms. The molecule has 0 radical (unpaired) electrons. The third-order valence-electron chi connectivity index (χ3n) is 3.51. The van der Waals surface area contributed by atoms with E-state index in [9.17, 15) is 4.39 Å². The van der Waals surface area contributed by atoms with E-state index < -0.39 is 0 Å². The third-order valence-corrected chi connectivity index (χ3v) is 4.00. The molecule has 3 rings (SSSR count). The Kier molecular flexibility index (Phi) is 5.63. The highest BCUT2D eigenvalue weighted by molar-refractivity contribution is 7.80. The van der Waals surface area contributed by atoms with Crippen molar-refractivity contribution >= 4 is 34.7 Å². The first kappa shape index (κ1) is 17.4. The molecule has 1 heterocycles. The lowest BCUT2D eigenvalue weighted by Crippen LogP contribution is -2.28. The lowest BCUT2D eigenvalue weighted by atomic mass is 10.2. The molecule has 128 valence electrons. The van der Waals surface area contributed by atoms with Gasteiger partial charge in [-0.15, -0.1) is 0 Å². The number of rotatable bonds is 5. The Morgan fingerprint density at radius 3 is 2.44 bits per heavy atom. The summed E-state index contributed by atoms with van der Waals surface area (Å²) in [5, 5.41) is 11.7. The summed E-state index contributed by atoms with van der Waals surface area (Å²) in [5.74, 6) is 0.404. The number of thiocarbonyl (C=S) groups is 1. The third kappa shape index (κ3) is 5.27. The van der Waals surface area contributed by atoms with E-state index in [4.69, 9.17) is 23.8 Å². The van der Waals surface area contributed by atoms with Gasteiger partial charge in [-0.05, 0) is 47.6 Å². The van der Waals surface area contributed by atoms with Crippen LogP contribution in [0.2, 0.25) is 5.02 Å². The maximum Gasteiger partial charge on any atom is 0.172 e. The minimum absolute atomic E-state index is 0.254. The van der Waals surface area contributed by atoms with Gasteiger partial charge in [0.1, 0.15) is 5.82 Å². The van der Waals surface area contributed by atoms with Gasteiger partial charge < -0.3 is 10.6 Å². The van der Waals surface area contributed by atoms with Crippen molar-refractivity contribution in [2.45, 2.75) is 13.1 Å². The fourth-order valence-electron chi connectivity index (χ4n) is 2.24. The molecule has 0 aliphatic carbocycles. The van der Waals surface area contributed by atoms with Crippen molar-refractivity contribution in [2.24, 2.45) is 0 Å². The zero-order chi connectivity index (χ0) is 17.6. The fourth-order valence-corrected chi connectivity index (χ4v) is 2.54. The molecule has 0 bridgehead atoms. The summed E-state index contributed by atoms with van der Waals surface area (Å²) in [6.07, 6.45) is 1.87. The number of nitrogens with one attached hydrogen (secondary N) is 2. The van der Waals surface area contributed by atoms with Crippen LogP contribution < -0.4 is 10.6 Å². The van der Waals surface area contributed by atoms with E-state index in [1.807, 2.05) is 41.2 Å². The predicted octanol–water partition coefficient (Wildman–Crippen LogP) is 4.21. The molecule has 0 atom stereocenters. The molecule has 2 N–H and O–H groups in total. The van der Waals surface area contributed by atoms with Crippen LogP contribution in [0.25, 0.3) is 0 Å². The van der Waals surface area contributed by atoms with E-state index in [1.54, 1.807) is 12.1 Å². The van der Waals surface area contributed by atoms with Crippen LogP contribution in [0, 0.1) is 5.82 Å². The highest BCUT2D eigenvalue weighted by Gasteiger charge is 2.03. The summed E-state index contributed by atoms with van der Waals surface area (Å²) < 4.78 is 14.7. The molecule has 0 fully saturated rings. The SMILES string of the molecule is Fc1ccc(CNC(=S)Nc2ccn(Cc3ccc(Cl)cc3)n2)cc1. The van der Waals surface area contributed by atoms with Gasteiger partial charge in [0.15, 0.2) is 10.9 Å². The summed E-state index contributed by atoms with van der Waals surface area (Å²) in [5.41, 5.74) is 2.05. The van der Waals surface area contributed by atoms with Gasteiger partial charge in [-0.3, -0.25) is 4.68 Å². The van der Waals surface area contributed by atoms with Crippen molar-refractivity contribution < 1.29 is 4.39 Å². The van der Waals surface area contributed by atoms with Crippen molar-refractivity contribution in [3.8, 4) is 0 Å². The van der Waals surface area contributed by atoms with Crippen LogP contribution in [-0.4, -0.2) is 14.9 Å². The van der Waals surface area contributed by atoms with Gasteiger partial charge in [0, 0.05) is 23.8 Å². The summed E-state index contributed by atoms with van der Waals surface area (Å²) in [6.45, 7) is 1.16. The van der Waals surface area contributed by atoms with Crippen molar-refractivity contribution in [3.63, 3.8) is 0 Å². The Labute approximate surface area is 155 Å². The Hall–Kier alpha value is -2.44. The number of anilines is 1. The number of nitrogens with zero attached hydrogens (tertiary/aromatic N) is 2. The molecule has 0 saturated carbocycles. The first-order valence-electron chi connectivity index (χ1n) is 7.66. The second-order valence-corrected chi connectivity index (χ2v) is 6.30. The average molecular weight is 375 g/mol. The quantitative estimate of drug-likeness (QED) is 0.656. The lowest BCUT2D eigenvalue weighted by molar-refractivity contribution is 0.627. The lowest BCUT2D eigenvalue weighted by Gasteiger charge is -2.08. The molecule has 7 heteroatoms. The molecule has 0 amide bonds. The first-order chi connectivity index (χ1) is 12.1. The van der Waals surface area contributed by atoms with Crippen LogP contribution >= 0.6 is 23.8 Å². The number of hydrogen-bond donors (Lipinski definition) is 2. The van der Waals surface area contributed by atoms with Crippen LogP contribution in [0.1, 0.15) is 11.1 Å². The molecular formula is C18H16ClFN4S. The van der Waals surface area contributed by atoms with E-state index in [0.717, 1.165) is 11.1 Å². The van der Waals surface area contributed by atoms with Gasteiger partial charge in [0.05, 0.1) is 6.54 Å². The van der Waals surface area contributed by atoms with Crippen molar-refractivity contribution in [1.29, 1.82) is 0 Å². The second-order valence-electron chi connectivity index (χ2n) is 5.46. The monoisotopic (exact) mass is 374 g/mol. The Bertz CT molecular complexity index is 846. The average Bonchev–Trinajstić information content (AvgIpc) is 3.03. The minimum Gasteiger partial charge on any atom is -0.358 e. The second kappa shape index (κ2) is 8.09. The van der Waals surface area contributed by atoms with Gasteiger partial charge in [0.25, 0.3) is 0 Å². The Balaban J connectivity index is 1.51. The highest BCUT2D eigenvalue weighted by atomic mass is 35.5. The number of hydrogen-bond acceptors (Lipinski definition) is 2. The van der Waals surface area contributed by atoms with Gasteiger partial charge in [-0.2, -0.15) is 5.10 Å². The van der Waals surface area contributed by atoms with E-state index >= 15 is 0 Å². The van der Waals surface area contributed by atoms with Crippen LogP contribution in [0.5, 0.6) is 0 Å². The molecule has 0 saturated heterocycles. The van der Waals surface area contributed by atoms with E-state index in [-0.39, 0.29) is 5.82 Å². The van der Waals surface area contributed by atoms with E-state index in [1.165, 1.54) is 12.1 Å². The zero-order valence-electron chi connectivity index (χ0n) is 13.2. The Morgan fingerprint density at radius 1 is 1.04 bits per heavy atom. The summed E-state index contributed by atoms with van der Waals surface area (Å²) in [6, 6.07) is 15.8. The van der Waals surface area contributed by atoms with Gasteiger partial charge >= 0.3 is 0 Å². The van der Waals surface area contributed by atoms with Gasteiger partial charge in [0.2, 0.25) is 0 Å². The fraction of sp³-hybridized carbons (Fsp3) is 0.111. The van der Waals surface area contributed by atoms with E-state index in [0.29, 0.717) is 29.0 Å². The maximum absolute atomic E-state index is 12.9. The number of halogens is 2. The molecule has 3 aromatic rings. The molecule has 0 aliphatic rings. The molecule has 1 aromatic heterocycles. The maximum atomic E-state index is 12.9. The summed E-state index contributed by atoms with van der Waals surface area (Å²) in [7, 11) is 0. The first-order valence-corrected chi connectivity index (χ1v) is 8.44. The molecule has 0 spiro atoms.